The summed E-state index contributed by atoms with van der Waals surface area (Å²) in [6.45, 7) is 2.66. The quantitative estimate of drug-likeness (QED) is 0.909. The Labute approximate surface area is 113 Å². The van der Waals surface area contributed by atoms with Gasteiger partial charge < -0.3 is 10.1 Å². The number of pyridine rings is 1. The summed E-state index contributed by atoms with van der Waals surface area (Å²) in [6.07, 6.45) is 5.89. The number of para-hydroxylation sites is 1. The van der Waals surface area contributed by atoms with Crippen LogP contribution in [0.25, 0.3) is 0 Å². The molecule has 2 aromatic rings. The van der Waals surface area contributed by atoms with Crippen molar-refractivity contribution < 1.29 is 4.74 Å². The second kappa shape index (κ2) is 5.31. The molecule has 0 saturated carbocycles. The van der Waals surface area contributed by atoms with Crippen LogP contribution in [0.15, 0.2) is 42.7 Å². The third kappa shape index (κ3) is 2.55. The van der Waals surface area contributed by atoms with Gasteiger partial charge in [-0.1, -0.05) is 18.2 Å². The lowest BCUT2D eigenvalue weighted by atomic mass is 9.94. The van der Waals surface area contributed by atoms with E-state index in [0.717, 1.165) is 18.6 Å². The zero-order chi connectivity index (χ0) is 13.1. The van der Waals surface area contributed by atoms with E-state index in [4.69, 9.17) is 4.74 Å². The summed E-state index contributed by atoms with van der Waals surface area (Å²) in [5.41, 5.74) is 3.83. The number of aryl methyl sites for hydroxylation is 1. The van der Waals surface area contributed by atoms with Crippen molar-refractivity contribution in [3.63, 3.8) is 0 Å². The van der Waals surface area contributed by atoms with Crippen LogP contribution in [-0.2, 0) is 6.42 Å². The molecule has 1 N–H and O–H groups in total. The molecule has 0 saturated heterocycles. The second-order valence-corrected chi connectivity index (χ2v) is 4.78. The standard InChI is InChI=1S/C16H18N2O/c1-2-19-14-9-13(10-17-11-14)16-8-7-12-5-3-4-6-15(12)18-16/h3-6,9-11,16,18H,2,7-8H2,1H3. The number of benzene rings is 1. The van der Waals surface area contributed by atoms with Crippen molar-refractivity contribution in [3.8, 4) is 5.75 Å². The van der Waals surface area contributed by atoms with Crippen molar-refractivity contribution >= 4 is 5.69 Å². The van der Waals surface area contributed by atoms with Crippen LogP contribution in [0.4, 0.5) is 5.69 Å². The highest BCUT2D eigenvalue weighted by Gasteiger charge is 2.19. The Hall–Kier alpha value is -2.03. The van der Waals surface area contributed by atoms with Crippen LogP contribution >= 0.6 is 0 Å². The van der Waals surface area contributed by atoms with Gasteiger partial charge >= 0.3 is 0 Å². The molecule has 1 atom stereocenters. The minimum atomic E-state index is 0.322. The number of fused-ring (bicyclic) bond motifs is 1. The average molecular weight is 254 g/mol. The Balaban J connectivity index is 1.82. The number of nitrogens with one attached hydrogen (secondary N) is 1. The van der Waals surface area contributed by atoms with E-state index in [1.807, 2.05) is 13.1 Å². The maximum atomic E-state index is 5.52. The Morgan fingerprint density at radius 3 is 3.11 bits per heavy atom. The molecule has 1 aliphatic rings. The van der Waals surface area contributed by atoms with Crippen molar-refractivity contribution in [2.24, 2.45) is 0 Å². The average Bonchev–Trinajstić information content (AvgIpc) is 2.47. The third-order valence-corrected chi connectivity index (χ3v) is 3.50. The summed E-state index contributed by atoms with van der Waals surface area (Å²) in [7, 11) is 0. The van der Waals surface area contributed by atoms with Crippen LogP contribution in [-0.4, -0.2) is 11.6 Å². The number of rotatable bonds is 3. The zero-order valence-electron chi connectivity index (χ0n) is 11.1. The normalized spacial score (nSPS) is 17.4. The summed E-state index contributed by atoms with van der Waals surface area (Å²) >= 11 is 0. The van der Waals surface area contributed by atoms with Crippen LogP contribution in [0, 0.1) is 0 Å². The number of aromatic nitrogens is 1. The first kappa shape index (κ1) is 12.0. The molecular formula is C16H18N2O. The lowest BCUT2D eigenvalue weighted by Gasteiger charge is -2.27. The molecule has 3 rings (SSSR count). The fourth-order valence-electron chi connectivity index (χ4n) is 2.56. The van der Waals surface area contributed by atoms with Gasteiger partial charge in [-0.05, 0) is 43.0 Å². The van der Waals surface area contributed by atoms with E-state index in [0.29, 0.717) is 12.6 Å². The molecule has 19 heavy (non-hydrogen) atoms. The second-order valence-electron chi connectivity index (χ2n) is 4.78. The molecule has 3 heteroatoms. The lowest BCUT2D eigenvalue weighted by Crippen LogP contribution is -2.18. The lowest BCUT2D eigenvalue weighted by molar-refractivity contribution is 0.338. The molecule has 0 radical (unpaired) electrons. The molecule has 0 amide bonds. The van der Waals surface area contributed by atoms with Gasteiger partial charge in [0, 0.05) is 11.9 Å². The largest absolute Gasteiger partial charge is 0.492 e. The number of hydrogen-bond acceptors (Lipinski definition) is 3. The van der Waals surface area contributed by atoms with Crippen molar-refractivity contribution in [2.75, 3.05) is 11.9 Å². The van der Waals surface area contributed by atoms with Crippen LogP contribution in [0.5, 0.6) is 5.75 Å². The van der Waals surface area contributed by atoms with Gasteiger partial charge in [0.05, 0.1) is 18.8 Å². The first-order chi connectivity index (χ1) is 9.36. The summed E-state index contributed by atoms with van der Waals surface area (Å²) in [4.78, 5) is 4.27. The van der Waals surface area contributed by atoms with Crippen LogP contribution in [0.3, 0.4) is 0 Å². The highest BCUT2D eigenvalue weighted by atomic mass is 16.5. The highest BCUT2D eigenvalue weighted by Crippen LogP contribution is 2.32. The van der Waals surface area contributed by atoms with Gasteiger partial charge in [0.2, 0.25) is 0 Å². The summed E-state index contributed by atoms with van der Waals surface area (Å²) in [6, 6.07) is 10.9. The first-order valence-corrected chi connectivity index (χ1v) is 6.79. The van der Waals surface area contributed by atoms with E-state index in [9.17, 15) is 0 Å². The molecule has 2 heterocycles. The Bertz CT molecular complexity index is 568. The summed E-state index contributed by atoms with van der Waals surface area (Å²) in [5.74, 6) is 0.848. The molecule has 1 aliphatic heterocycles. The van der Waals surface area contributed by atoms with Crippen molar-refractivity contribution in [1.82, 2.24) is 4.98 Å². The number of hydrogen-bond donors (Lipinski definition) is 1. The SMILES string of the molecule is CCOc1cncc(C2CCc3ccccc3N2)c1. The maximum absolute atomic E-state index is 5.52. The van der Waals surface area contributed by atoms with Gasteiger partial charge in [0.15, 0.2) is 0 Å². The summed E-state index contributed by atoms with van der Waals surface area (Å²) < 4.78 is 5.52. The van der Waals surface area contributed by atoms with Gasteiger partial charge in [0.25, 0.3) is 0 Å². The Morgan fingerprint density at radius 2 is 2.21 bits per heavy atom. The predicted molar refractivity (Wildman–Crippen MR) is 76.5 cm³/mol. The number of nitrogens with zero attached hydrogens (tertiary/aromatic N) is 1. The Morgan fingerprint density at radius 1 is 1.32 bits per heavy atom. The van der Waals surface area contributed by atoms with Gasteiger partial charge in [-0.2, -0.15) is 0 Å². The molecule has 3 nitrogen and oxygen atoms in total. The van der Waals surface area contributed by atoms with E-state index in [1.165, 1.54) is 16.8 Å². The molecule has 1 aromatic carbocycles. The van der Waals surface area contributed by atoms with Gasteiger partial charge in [-0.3, -0.25) is 4.98 Å². The number of ether oxygens (including phenoxy) is 1. The minimum Gasteiger partial charge on any atom is -0.492 e. The fourth-order valence-corrected chi connectivity index (χ4v) is 2.56. The highest BCUT2D eigenvalue weighted by molar-refractivity contribution is 5.54. The Kier molecular flexibility index (Phi) is 3.36. The van der Waals surface area contributed by atoms with Crippen LogP contribution in [0.1, 0.15) is 30.5 Å². The predicted octanol–water partition coefficient (Wildman–Crippen LogP) is 3.58. The van der Waals surface area contributed by atoms with E-state index in [1.54, 1.807) is 6.20 Å². The van der Waals surface area contributed by atoms with Crippen LogP contribution < -0.4 is 10.1 Å². The van der Waals surface area contributed by atoms with E-state index < -0.39 is 0 Å². The van der Waals surface area contributed by atoms with Crippen LogP contribution in [0.2, 0.25) is 0 Å². The third-order valence-electron chi connectivity index (χ3n) is 3.50. The van der Waals surface area contributed by atoms with E-state index >= 15 is 0 Å². The van der Waals surface area contributed by atoms with Gasteiger partial charge in [-0.25, -0.2) is 0 Å². The smallest absolute Gasteiger partial charge is 0.137 e. The molecule has 1 aromatic heterocycles. The molecule has 0 spiro atoms. The molecule has 0 fully saturated rings. The van der Waals surface area contributed by atoms with Gasteiger partial charge in [0.1, 0.15) is 5.75 Å². The molecule has 0 bridgehead atoms. The monoisotopic (exact) mass is 254 g/mol. The van der Waals surface area contributed by atoms with Crippen molar-refractivity contribution in [3.05, 3.63) is 53.9 Å². The fraction of sp³-hybridized carbons (Fsp3) is 0.312. The number of anilines is 1. The van der Waals surface area contributed by atoms with E-state index in [-0.39, 0.29) is 0 Å². The molecular weight excluding hydrogens is 236 g/mol. The van der Waals surface area contributed by atoms with Crippen molar-refractivity contribution in [1.29, 1.82) is 0 Å². The maximum Gasteiger partial charge on any atom is 0.137 e. The first-order valence-electron chi connectivity index (χ1n) is 6.79. The summed E-state index contributed by atoms with van der Waals surface area (Å²) in [5, 5.41) is 3.59. The topological polar surface area (TPSA) is 34.1 Å². The van der Waals surface area contributed by atoms with Gasteiger partial charge in [-0.15, -0.1) is 0 Å². The molecule has 0 aliphatic carbocycles. The van der Waals surface area contributed by atoms with Crippen molar-refractivity contribution in [2.45, 2.75) is 25.8 Å². The molecule has 1 unspecified atom stereocenters. The van der Waals surface area contributed by atoms with E-state index in [2.05, 4.69) is 40.6 Å². The molecule has 98 valence electrons. The minimum absolute atomic E-state index is 0.322. The zero-order valence-corrected chi connectivity index (χ0v) is 11.1.